The number of aromatic amines is 1. The average Bonchev–Trinajstić information content (AvgIpc) is 2.37. The minimum absolute atomic E-state index is 0.0841. The fraction of sp³-hybridized carbons (Fsp3) is 0.333. The van der Waals surface area contributed by atoms with Gasteiger partial charge in [-0.1, -0.05) is 18.2 Å². The number of carbonyl (C=O) groups is 1. The number of H-pyrrole nitrogens is 1. The number of carbonyl (C=O) groups excluding carboxylic acids is 1. The molecule has 0 aliphatic carbocycles. The maximum atomic E-state index is 11.9. The van der Waals surface area contributed by atoms with Gasteiger partial charge in [0, 0.05) is 36.6 Å². The van der Waals surface area contributed by atoms with Crippen LogP contribution in [-0.4, -0.2) is 29.0 Å². The highest BCUT2D eigenvalue weighted by Crippen LogP contribution is 2.15. The minimum atomic E-state index is -0.156. The molecule has 2 N–H and O–H groups in total. The number of nitrogens with one attached hydrogen (secondary N) is 2. The predicted molar refractivity (Wildman–Crippen MR) is 79.7 cm³/mol. The molecule has 2 amide bonds. The lowest BCUT2D eigenvalue weighted by Gasteiger charge is -2.20. The van der Waals surface area contributed by atoms with Crippen LogP contribution in [0.1, 0.15) is 19.4 Å². The van der Waals surface area contributed by atoms with E-state index < -0.39 is 0 Å². The third-order valence-corrected chi connectivity index (χ3v) is 3.00. The van der Waals surface area contributed by atoms with E-state index in [4.69, 9.17) is 0 Å². The first-order valence-corrected chi connectivity index (χ1v) is 6.60. The Hall–Kier alpha value is -2.30. The molecule has 0 bridgehead atoms. The Morgan fingerprint density at radius 1 is 1.35 bits per heavy atom. The maximum Gasteiger partial charge on any atom is 0.317 e. The molecule has 0 saturated heterocycles. The summed E-state index contributed by atoms with van der Waals surface area (Å²) in [5.74, 6) is 0. The summed E-state index contributed by atoms with van der Waals surface area (Å²) in [4.78, 5) is 27.9. The number of amides is 2. The number of hydrogen-bond donors (Lipinski definition) is 2. The molecule has 0 unspecified atom stereocenters. The van der Waals surface area contributed by atoms with E-state index >= 15 is 0 Å². The highest BCUT2D eigenvalue weighted by Gasteiger charge is 2.12. The Morgan fingerprint density at radius 3 is 2.75 bits per heavy atom. The molecule has 1 aromatic carbocycles. The quantitative estimate of drug-likeness (QED) is 0.899. The van der Waals surface area contributed by atoms with Crippen molar-refractivity contribution in [3.8, 4) is 0 Å². The topological polar surface area (TPSA) is 65.2 Å². The number of benzene rings is 1. The molecule has 1 heterocycles. The zero-order valence-electron chi connectivity index (χ0n) is 11.9. The van der Waals surface area contributed by atoms with Crippen LogP contribution in [0.2, 0.25) is 0 Å². The maximum absolute atomic E-state index is 11.9. The summed E-state index contributed by atoms with van der Waals surface area (Å²) < 4.78 is 0. The molecule has 0 atom stereocenters. The van der Waals surface area contributed by atoms with Gasteiger partial charge in [-0.05, 0) is 25.5 Å². The summed E-state index contributed by atoms with van der Waals surface area (Å²) in [5.41, 5.74) is 1.47. The van der Waals surface area contributed by atoms with E-state index in [1.165, 1.54) is 0 Å². The van der Waals surface area contributed by atoms with Crippen molar-refractivity contribution in [1.82, 2.24) is 15.2 Å². The Balaban J connectivity index is 2.29. The van der Waals surface area contributed by atoms with Crippen molar-refractivity contribution in [3.63, 3.8) is 0 Å². The lowest BCUT2D eigenvalue weighted by atomic mass is 10.1. The van der Waals surface area contributed by atoms with Crippen molar-refractivity contribution in [3.05, 3.63) is 46.2 Å². The van der Waals surface area contributed by atoms with Gasteiger partial charge in [-0.3, -0.25) is 4.79 Å². The summed E-state index contributed by atoms with van der Waals surface area (Å²) in [5, 5.41) is 3.78. The lowest BCUT2D eigenvalue weighted by Crippen LogP contribution is -2.40. The number of hydrogen-bond acceptors (Lipinski definition) is 2. The van der Waals surface area contributed by atoms with Crippen LogP contribution in [-0.2, 0) is 6.54 Å². The summed E-state index contributed by atoms with van der Waals surface area (Å²) in [6.45, 7) is 4.21. The number of fused-ring (bicyclic) bond motifs is 1. The second kappa shape index (κ2) is 5.77. The largest absolute Gasteiger partial charge is 0.336 e. The highest BCUT2D eigenvalue weighted by atomic mass is 16.2. The second-order valence-electron chi connectivity index (χ2n) is 5.16. The van der Waals surface area contributed by atoms with E-state index in [0.29, 0.717) is 6.54 Å². The first kappa shape index (κ1) is 14.1. The molecule has 5 nitrogen and oxygen atoms in total. The Labute approximate surface area is 117 Å². The summed E-state index contributed by atoms with van der Waals surface area (Å²) >= 11 is 0. The number of para-hydroxylation sites is 1. The van der Waals surface area contributed by atoms with Crippen molar-refractivity contribution in [1.29, 1.82) is 0 Å². The molecule has 0 aliphatic rings. The molecule has 5 heteroatoms. The molecule has 2 aromatic rings. The van der Waals surface area contributed by atoms with Crippen LogP contribution in [0.5, 0.6) is 0 Å². The van der Waals surface area contributed by atoms with Crippen molar-refractivity contribution < 1.29 is 4.79 Å². The SMILES string of the molecule is CC(C)NC(=O)N(C)Cc1cc(=O)[nH]c2ccccc12. The van der Waals surface area contributed by atoms with Crippen LogP contribution in [0, 0.1) is 0 Å². The van der Waals surface area contributed by atoms with E-state index in [1.807, 2.05) is 38.1 Å². The third kappa shape index (κ3) is 3.17. The smallest absolute Gasteiger partial charge is 0.317 e. The van der Waals surface area contributed by atoms with E-state index in [2.05, 4.69) is 10.3 Å². The number of urea groups is 1. The molecule has 0 spiro atoms. The number of aromatic nitrogens is 1. The Morgan fingerprint density at radius 2 is 2.05 bits per heavy atom. The van der Waals surface area contributed by atoms with Crippen LogP contribution in [0.25, 0.3) is 10.9 Å². The first-order valence-electron chi connectivity index (χ1n) is 6.60. The second-order valence-corrected chi connectivity index (χ2v) is 5.16. The Kier molecular flexibility index (Phi) is 4.08. The molecule has 0 fully saturated rings. The van der Waals surface area contributed by atoms with Crippen LogP contribution in [0.3, 0.4) is 0 Å². The van der Waals surface area contributed by atoms with E-state index in [0.717, 1.165) is 16.5 Å². The fourth-order valence-electron chi connectivity index (χ4n) is 2.09. The number of nitrogens with zero attached hydrogens (tertiary/aromatic N) is 1. The molecule has 20 heavy (non-hydrogen) atoms. The van der Waals surface area contributed by atoms with Crippen LogP contribution in [0.4, 0.5) is 4.79 Å². The molecule has 0 saturated carbocycles. The van der Waals surface area contributed by atoms with Crippen molar-refractivity contribution in [2.24, 2.45) is 0 Å². The van der Waals surface area contributed by atoms with Crippen molar-refractivity contribution >= 4 is 16.9 Å². The summed E-state index contributed by atoms with van der Waals surface area (Å²) in [7, 11) is 1.72. The molecule has 2 rings (SSSR count). The van der Waals surface area contributed by atoms with E-state index in [1.54, 1.807) is 18.0 Å². The lowest BCUT2D eigenvalue weighted by molar-refractivity contribution is 0.204. The number of rotatable bonds is 3. The first-order chi connectivity index (χ1) is 9.47. The molecule has 0 radical (unpaired) electrons. The minimum Gasteiger partial charge on any atom is -0.336 e. The summed E-state index contributed by atoms with van der Waals surface area (Å²) in [6, 6.07) is 9.06. The van der Waals surface area contributed by atoms with Gasteiger partial charge in [-0.15, -0.1) is 0 Å². The van der Waals surface area contributed by atoms with Crippen LogP contribution < -0.4 is 10.9 Å². The number of pyridine rings is 1. The van der Waals surface area contributed by atoms with Gasteiger partial charge >= 0.3 is 6.03 Å². The third-order valence-electron chi connectivity index (χ3n) is 3.00. The van der Waals surface area contributed by atoms with Gasteiger partial charge in [0.05, 0.1) is 0 Å². The summed E-state index contributed by atoms with van der Waals surface area (Å²) in [6.07, 6.45) is 0. The molecular formula is C15H19N3O2. The molecule has 1 aromatic heterocycles. The molecule has 0 aliphatic heterocycles. The monoisotopic (exact) mass is 273 g/mol. The van der Waals surface area contributed by atoms with E-state index in [9.17, 15) is 9.59 Å². The van der Waals surface area contributed by atoms with Gasteiger partial charge in [0.25, 0.3) is 0 Å². The van der Waals surface area contributed by atoms with Crippen LogP contribution >= 0.6 is 0 Å². The average molecular weight is 273 g/mol. The van der Waals surface area contributed by atoms with E-state index in [-0.39, 0.29) is 17.6 Å². The van der Waals surface area contributed by atoms with Crippen molar-refractivity contribution in [2.45, 2.75) is 26.4 Å². The van der Waals surface area contributed by atoms with Gasteiger partial charge in [-0.2, -0.15) is 0 Å². The van der Waals surface area contributed by atoms with Gasteiger partial charge in [0.2, 0.25) is 5.56 Å². The van der Waals surface area contributed by atoms with Gasteiger partial charge in [-0.25, -0.2) is 4.79 Å². The predicted octanol–water partition coefficient (Wildman–Crippen LogP) is 2.08. The Bertz CT molecular complexity index is 676. The van der Waals surface area contributed by atoms with Crippen molar-refractivity contribution in [2.75, 3.05) is 7.05 Å². The van der Waals surface area contributed by atoms with Crippen LogP contribution in [0.15, 0.2) is 35.1 Å². The zero-order valence-corrected chi connectivity index (χ0v) is 11.9. The normalized spacial score (nSPS) is 10.8. The fourth-order valence-corrected chi connectivity index (χ4v) is 2.09. The molecule has 106 valence electrons. The zero-order chi connectivity index (χ0) is 14.7. The van der Waals surface area contributed by atoms with Gasteiger partial charge in [0.15, 0.2) is 0 Å². The molecular weight excluding hydrogens is 254 g/mol. The van der Waals surface area contributed by atoms with Gasteiger partial charge in [0.1, 0.15) is 0 Å². The van der Waals surface area contributed by atoms with Gasteiger partial charge < -0.3 is 15.2 Å². The highest BCUT2D eigenvalue weighted by molar-refractivity contribution is 5.82. The standard InChI is InChI=1S/C15H19N3O2/c1-10(2)16-15(20)18(3)9-11-8-14(19)17-13-7-5-4-6-12(11)13/h4-8,10H,9H2,1-3H3,(H,16,20)(H,17,19).